The van der Waals surface area contributed by atoms with E-state index < -0.39 is 9.85 Å². The lowest BCUT2D eigenvalue weighted by atomic mass is 10.1. The highest BCUT2D eigenvalue weighted by Crippen LogP contribution is 2.27. The normalized spacial score (nSPS) is 10.2. The van der Waals surface area contributed by atoms with Crippen LogP contribution in [-0.4, -0.2) is 25.0 Å². The minimum Gasteiger partial charge on any atom is -0.282 e. The van der Waals surface area contributed by atoms with E-state index >= 15 is 0 Å². The number of nitrogens with zero attached hydrogens (tertiary/aromatic N) is 3. The topological polar surface area (TPSA) is 131 Å². The van der Waals surface area contributed by atoms with Gasteiger partial charge in [0, 0.05) is 17.7 Å². The zero-order chi connectivity index (χ0) is 13.3. The van der Waals surface area contributed by atoms with Gasteiger partial charge in [0.1, 0.15) is 0 Å². The Morgan fingerprint density at radius 1 is 1.06 bits per heavy atom. The van der Waals surface area contributed by atoms with Gasteiger partial charge in [-0.05, 0) is 12.2 Å². The van der Waals surface area contributed by atoms with Crippen LogP contribution in [0.1, 0.15) is 0 Å². The Hall–Kier alpha value is -2.62. The number of rotatable bonds is 3. The molecule has 1 aromatic heterocycles. The van der Waals surface area contributed by atoms with Gasteiger partial charge in [0.15, 0.2) is 5.82 Å². The van der Waals surface area contributed by atoms with E-state index in [1.54, 1.807) is 0 Å². The smallest absolute Gasteiger partial charge is 0.277 e. The number of aromatic nitrogens is 3. The molecule has 0 aliphatic heterocycles. The van der Waals surface area contributed by atoms with Gasteiger partial charge in [-0.3, -0.25) is 30.4 Å². The van der Waals surface area contributed by atoms with Gasteiger partial charge in [0.2, 0.25) is 4.77 Å². The first-order chi connectivity index (χ1) is 8.47. The molecule has 1 aromatic carbocycles. The average molecular weight is 267 g/mol. The minimum absolute atomic E-state index is 0.152. The standard InChI is InChI=1S/C8H5N5O4S/c14-12(15)5-1-4(2-6(3-5)13(16)17)7-9-8(18)11-10-7/h1-3H,(H2,9,10,11,18). The number of aromatic amines is 2. The molecule has 18 heavy (non-hydrogen) atoms. The van der Waals surface area contributed by atoms with E-state index in [-0.39, 0.29) is 27.5 Å². The van der Waals surface area contributed by atoms with Crippen LogP contribution in [0.25, 0.3) is 11.4 Å². The summed E-state index contributed by atoms with van der Waals surface area (Å²) in [5.74, 6) is 0.201. The molecule has 0 unspecified atom stereocenters. The zero-order valence-corrected chi connectivity index (χ0v) is 9.43. The lowest BCUT2D eigenvalue weighted by Gasteiger charge is -1.97. The molecular weight excluding hydrogens is 262 g/mol. The SMILES string of the molecule is O=[N+]([O-])c1cc(-c2nc(=S)[nH][nH]2)cc([N+](=O)[O-])c1. The van der Waals surface area contributed by atoms with E-state index in [2.05, 4.69) is 15.2 Å². The number of nitro benzene ring substituents is 2. The number of hydrogen-bond acceptors (Lipinski definition) is 6. The van der Waals surface area contributed by atoms with Gasteiger partial charge in [-0.1, -0.05) is 0 Å². The van der Waals surface area contributed by atoms with Crippen LogP contribution in [0.4, 0.5) is 11.4 Å². The van der Waals surface area contributed by atoms with Gasteiger partial charge in [0.05, 0.1) is 15.9 Å². The fourth-order valence-corrected chi connectivity index (χ4v) is 1.49. The summed E-state index contributed by atoms with van der Waals surface area (Å²) in [6, 6.07) is 3.23. The molecule has 0 amide bonds. The maximum absolute atomic E-state index is 10.7. The van der Waals surface area contributed by atoms with Gasteiger partial charge in [-0.2, -0.15) is 4.98 Å². The van der Waals surface area contributed by atoms with E-state index in [9.17, 15) is 20.2 Å². The third-order valence-electron chi connectivity index (χ3n) is 2.10. The fourth-order valence-electron chi connectivity index (χ4n) is 1.35. The number of benzene rings is 1. The third kappa shape index (κ3) is 2.22. The van der Waals surface area contributed by atoms with Gasteiger partial charge >= 0.3 is 0 Å². The Balaban J connectivity index is 2.63. The van der Waals surface area contributed by atoms with E-state index in [1.165, 1.54) is 12.1 Å². The van der Waals surface area contributed by atoms with Crippen molar-refractivity contribution < 1.29 is 9.85 Å². The molecule has 1 heterocycles. The zero-order valence-electron chi connectivity index (χ0n) is 8.61. The molecule has 0 aliphatic carbocycles. The monoisotopic (exact) mass is 267 g/mol. The molecule has 0 bridgehead atoms. The molecule has 2 aromatic rings. The highest BCUT2D eigenvalue weighted by molar-refractivity contribution is 7.71. The van der Waals surface area contributed by atoms with E-state index in [0.29, 0.717) is 0 Å². The van der Waals surface area contributed by atoms with Crippen molar-refractivity contribution in [2.45, 2.75) is 0 Å². The molecule has 2 N–H and O–H groups in total. The number of nitro groups is 2. The Morgan fingerprint density at radius 3 is 2.00 bits per heavy atom. The van der Waals surface area contributed by atoms with Crippen LogP contribution in [0.15, 0.2) is 18.2 Å². The van der Waals surface area contributed by atoms with Crippen LogP contribution in [0.5, 0.6) is 0 Å². The van der Waals surface area contributed by atoms with E-state index in [1.807, 2.05) is 0 Å². The number of non-ortho nitro benzene ring substituents is 2. The lowest BCUT2D eigenvalue weighted by molar-refractivity contribution is -0.394. The second-order valence-electron chi connectivity index (χ2n) is 3.27. The second-order valence-corrected chi connectivity index (χ2v) is 3.65. The molecule has 10 heteroatoms. The maximum atomic E-state index is 10.7. The van der Waals surface area contributed by atoms with Crippen LogP contribution in [0, 0.1) is 25.0 Å². The quantitative estimate of drug-likeness (QED) is 0.496. The number of hydrogen-bond donors (Lipinski definition) is 2. The first-order valence-corrected chi connectivity index (χ1v) is 4.97. The summed E-state index contributed by atoms with van der Waals surface area (Å²) >= 11 is 4.74. The second kappa shape index (κ2) is 4.33. The van der Waals surface area contributed by atoms with Crippen molar-refractivity contribution in [3.8, 4) is 11.4 Å². The summed E-state index contributed by atoms with van der Waals surface area (Å²) in [6.07, 6.45) is 0. The predicted molar refractivity (Wildman–Crippen MR) is 62.5 cm³/mol. The largest absolute Gasteiger partial charge is 0.282 e. The van der Waals surface area contributed by atoms with Crippen molar-refractivity contribution in [1.82, 2.24) is 15.2 Å². The van der Waals surface area contributed by atoms with Gasteiger partial charge in [0.25, 0.3) is 11.4 Å². The van der Waals surface area contributed by atoms with E-state index in [4.69, 9.17) is 12.2 Å². The lowest BCUT2D eigenvalue weighted by Crippen LogP contribution is -1.94. The molecule has 0 spiro atoms. The minimum atomic E-state index is -0.711. The van der Waals surface area contributed by atoms with Crippen LogP contribution in [0.3, 0.4) is 0 Å². The molecular formula is C8H5N5O4S. The van der Waals surface area contributed by atoms with Crippen LogP contribution in [0.2, 0.25) is 0 Å². The van der Waals surface area contributed by atoms with Crippen molar-refractivity contribution in [2.24, 2.45) is 0 Å². The summed E-state index contributed by atoms with van der Waals surface area (Å²) in [7, 11) is 0. The average Bonchev–Trinajstić information content (AvgIpc) is 2.75. The van der Waals surface area contributed by atoms with Gasteiger partial charge in [-0.25, -0.2) is 0 Å². The van der Waals surface area contributed by atoms with Crippen molar-refractivity contribution in [3.05, 3.63) is 43.2 Å². The first kappa shape index (κ1) is 11.9. The molecule has 0 saturated heterocycles. The first-order valence-electron chi connectivity index (χ1n) is 4.56. The third-order valence-corrected chi connectivity index (χ3v) is 2.29. The molecule has 0 radical (unpaired) electrons. The Labute approximate surface area is 104 Å². The Kier molecular flexibility index (Phi) is 2.85. The van der Waals surface area contributed by atoms with Crippen LogP contribution in [-0.2, 0) is 0 Å². The highest BCUT2D eigenvalue weighted by atomic mass is 32.1. The van der Waals surface area contributed by atoms with Crippen molar-refractivity contribution in [3.63, 3.8) is 0 Å². The maximum Gasteiger partial charge on any atom is 0.277 e. The summed E-state index contributed by atoms with van der Waals surface area (Å²) in [5.41, 5.74) is -0.564. The van der Waals surface area contributed by atoms with Gasteiger partial charge < -0.3 is 0 Å². The summed E-state index contributed by atoms with van der Waals surface area (Å²) in [5, 5.41) is 26.4. The van der Waals surface area contributed by atoms with Crippen LogP contribution < -0.4 is 0 Å². The Morgan fingerprint density at radius 2 is 1.61 bits per heavy atom. The highest BCUT2D eigenvalue weighted by Gasteiger charge is 2.18. The molecule has 0 atom stereocenters. The van der Waals surface area contributed by atoms with Crippen molar-refractivity contribution in [1.29, 1.82) is 0 Å². The molecule has 0 saturated carbocycles. The fraction of sp³-hybridized carbons (Fsp3) is 0. The Bertz CT molecular complexity index is 659. The predicted octanol–water partition coefficient (Wildman–Crippen LogP) is 1.95. The molecule has 0 fully saturated rings. The summed E-state index contributed by atoms with van der Waals surface area (Å²) in [4.78, 5) is 23.8. The molecule has 92 valence electrons. The molecule has 0 aliphatic rings. The number of H-pyrrole nitrogens is 2. The molecule has 9 nitrogen and oxygen atoms in total. The molecule has 2 rings (SSSR count). The summed E-state index contributed by atoms with van der Waals surface area (Å²) in [6.45, 7) is 0. The van der Waals surface area contributed by atoms with Crippen LogP contribution >= 0.6 is 12.2 Å². The van der Waals surface area contributed by atoms with E-state index in [0.717, 1.165) is 6.07 Å². The summed E-state index contributed by atoms with van der Waals surface area (Å²) < 4.78 is 0.152. The number of nitrogens with one attached hydrogen (secondary N) is 2. The van der Waals surface area contributed by atoms with Gasteiger partial charge in [-0.15, -0.1) is 0 Å². The van der Waals surface area contributed by atoms with Crippen molar-refractivity contribution in [2.75, 3.05) is 0 Å². The van der Waals surface area contributed by atoms with Crippen molar-refractivity contribution >= 4 is 23.6 Å².